The van der Waals surface area contributed by atoms with Gasteiger partial charge in [-0.1, -0.05) is 27.5 Å². The molecule has 0 bridgehead atoms. The van der Waals surface area contributed by atoms with E-state index < -0.39 is 0 Å². The molecule has 0 spiro atoms. The van der Waals surface area contributed by atoms with E-state index in [1.54, 1.807) is 11.0 Å². The first-order valence-corrected chi connectivity index (χ1v) is 5.95. The number of carbonyl (C=O) groups is 1. The summed E-state index contributed by atoms with van der Waals surface area (Å²) in [7, 11) is 0. The Morgan fingerprint density at radius 3 is 2.87 bits per heavy atom. The molecule has 1 aromatic rings. The predicted molar refractivity (Wildman–Crippen MR) is 63.7 cm³/mol. The molecule has 1 atom stereocenters. The van der Waals surface area contributed by atoms with Gasteiger partial charge in [0.25, 0.3) is 0 Å². The number of carbonyl (C=O) groups excluding carboxylic acids is 1. The van der Waals surface area contributed by atoms with Crippen molar-refractivity contribution < 1.29 is 4.79 Å². The molecule has 15 heavy (non-hydrogen) atoms. The van der Waals surface area contributed by atoms with Crippen molar-refractivity contribution in [1.29, 1.82) is 0 Å². The molecule has 2 heterocycles. The second-order valence-electron chi connectivity index (χ2n) is 3.54. The number of halogens is 2. The predicted octanol–water partition coefficient (Wildman–Crippen LogP) is 2.54. The van der Waals surface area contributed by atoms with Crippen LogP contribution in [0.4, 0.5) is 5.69 Å². The highest BCUT2D eigenvalue weighted by molar-refractivity contribution is 9.09. The lowest BCUT2D eigenvalue weighted by atomic mass is 10.3. The van der Waals surface area contributed by atoms with E-state index in [0.29, 0.717) is 18.1 Å². The molecule has 1 saturated heterocycles. The van der Waals surface area contributed by atoms with Gasteiger partial charge in [0.1, 0.15) is 5.15 Å². The van der Waals surface area contributed by atoms with Crippen molar-refractivity contribution in [3.05, 3.63) is 23.0 Å². The summed E-state index contributed by atoms with van der Waals surface area (Å²) in [5.41, 5.74) is 1.64. The topological polar surface area (TPSA) is 33.2 Å². The third-order valence-corrected chi connectivity index (χ3v) is 3.22. The summed E-state index contributed by atoms with van der Waals surface area (Å²) in [5, 5.41) is 0.457. The minimum absolute atomic E-state index is 0.129. The van der Waals surface area contributed by atoms with Gasteiger partial charge in [-0.3, -0.25) is 4.79 Å². The van der Waals surface area contributed by atoms with E-state index in [9.17, 15) is 4.79 Å². The lowest BCUT2D eigenvalue weighted by Crippen LogP contribution is -2.25. The Morgan fingerprint density at radius 2 is 2.33 bits per heavy atom. The molecule has 1 aliphatic heterocycles. The standard InChI is InChI=1S/C10H10BrClN2O/c1-6-8(2-3-9(12)13-6)14-5-7(11)4-10(14)15/h2-3,7H,4-5H2,1H3. The van der Waals surface area contributed by atoms with Crippen LogP contribution in [0.25, 0.3) is 0 Å². The van der Waals surface area contributed by atoms with Gasteiger partial charge >= 0.3 is 0 Å². The van der Waals surface area contributed by atoms with Gasteiger partial charge in [-0.15, -0.1) is 0 Å². The smallest absolute Gasteiger partial charge is 0.228 e. The van der Waals surface area contributed by atoms with Crippen molar-refractivity contribution in [2.75, 3.05) is 11.4 Å². The fourth-order valence-corrected chi connectivity index (χ4v) is 2.46. The maximum Gasteiger partial charge on any atom is 0.228 e. The van der Waals surface area contributed by atoms with Crippen molar-refractivity contribution in [1.82, 2.24) is 4.98 Å². The quantitative estimate of drug-likeness (QED) is 0.588. The zero-order valence-electron chi connectivity index (χ0n) is 8.20. The van der Waals surface area contributed by atoms with E-state index >= 15 is 0 Å². The molecule has 80 valence electrons. The number of alkyl halides is 1. The highest BCUT2D eigenvalue weighted by atomic mass is 79.9. The van der Waals surface area contributed by atoms with Crippen molar-refractivity contribution in [3.8, 4) is 0 Å². The molecule has 0 aromatic carbocycles. The second kappa shape index (κ2) is 4.10. The van der Waals surface area contributed by atoms with Crippen molar-refractivity contribution in [3.63, 3.8) is 0 Å². The number of aromatic nitrogens is 1. The highest BCUT2D eigenvalue weighted by Gasteiger charge is 2.29. The average Bonchev–Trinajstić information content (AvgIpc) is 2.45. The van der Waals surface area contributed by atoms with Crippen LogP contribution in [0.3, 0.4) is 0 Å². The third kappa shape index (κ3) is 2.16. The van der Waals surface area contributed by atoms with Crippen molar-refractivity contribution in [2.24, 2.45) is 0 Å². The number of aryl methyl sites for hydroxylation is 1. The van der Waals surface area contributed by atoms with E-state index in [-0.39, 0.29) is 10.7 Å². The van der Waals surface area contributed by atoms with Gasteiger partial charge in [0.15, 0.2) is 0 Å². The van der Waals surface area contributed by atoms with Gasteiger partial charge in [0, 0.05) is 17.8 Å². The van der Waals surface area contributed by atoms with Crippen LogP contribution in [0.5, 0.6) is 0 Å². The fraction of sp³-hybridized carbons (Fsp3) is 0.400. The van der Waals surface area contributed by atoms with Crippen molar-refractivity contribution in [2.45, 2.75) is 18.2 Å². The van der Waals surface area contributed by atoms with Gasteiger partial charge in [0.05, 0.1) is 11.4 Å². The van der Waals surface area contributed by atoms with Gasteiger partial charge in [0.2, 0.25) is 5.91 Å². The number of nitrogens with zero attached hydrogens (tertiary/aromatic N) is 2. The molecular weight excluding hydrogens is 279 g/mol. The molecule has 1 unspecified atom stereocenters. The molecule has 3 nitrogen and oxygen atoms in total. The van der Waals surface area contributed by atoms with Crippen LogP contribution in [-0.4, -0.2) is 22.3 Å². The summed E-state index contributed by atoms with van der Waals surface area (Å²) in [6, 6.07) is 3.55. The summed E-state index contributed by atoms with van der Waals surface area (Å²) in [5.74, 6) is 0.129. The van der Waals surface area contributed by atoms with Gasteiger partial charge in [-0.25, -0.2) is 4.98 Å². The average molecular weight is 290 g/mol. The molecule has 0 radical (unpaired) electrons. The SMILES string of the molecule is Cc1nc(Cl)ccc1N1CC(Br)CC1=O. The van der Waals surface area contributed by atoms with Gasteiger partial charge < -0.3 is 4.90 Å². The van der Waals surface area contributed by atoms with Crippen molar-refractivity contribution >= 4 is 39.1 Å². The first kappa shape index (κ1) is 10.9. The first-order chi connectivity index (χ1) is 7.08. The molecule has 0 saturated carbocycles. The summed E-state index contributed by atoms with van der Waals surface area (Å²) in [6.45, 7) is 2.55. The molecule has 1 aliphatic rings. The zero-order valence-corrected chi connectivity index (χ0v) is 10.5. The summed E-state index contributed by atoms with van der Waals surface area (Å²) < 4.78 is 0. The van der Waals surface area contributed by atoms with Crippen LogP contribution < -0.4 is 4.90 Å². The Hall–Kier alpha value is -0.610. The minimum Gasteiger partial charge on any atom is -0.309 e. The Labute approximate surface area is 102 Å². The molecule has 0 N–H and O–H groups in total. The second-order valence-corrected chi connectivity index (χ2v) is 5.23. The molecule has 1 fully saturated rings. The molecule has 1 aromatic heterocycles. The van der Waals surface area contributed by atoms with Crippen LogP contribution in [0, 0.1) is 6.92 Å². The van der Waals surface area contributed by atoms with Crippen LogP contribution in [-0.2, 0) is 4.79 Å². The Balaban J connectivity index is 2.34. The minimum atomic E-state index is 0.129. The fourth-order valence-electron chi connectivity index (χ4n) is 1.71. The van der Waals surface area contributed by atoms with Gasteiger partial charge in [-0.2, -0.15) is 0 Å². The van der Waals surface area contributed by atoms with Crippen LogP contribution in [0.15, 0.2) is 12.1 Å². The van der Waals surface area contributed by atoms with E-state index in [1.165, 1.54) is 0 Å². The molecule has 0 aliphatic carbocycles. The third-order valence-electron chi connectivity index (χ3n) is 2.39. The number of amides is 1. The summed E-state index contributed by atoms with van der Waals surface area (Å²) in [4.78, 5) is 17.8. The number of hydrogen-bond acceptors (Lipinski definition) is 2. The zero-order chi connectivity index (χ0) is 11.0. The summed E-state index contributed by atoms with van der Waals surface area (Å²) >= 11 is 9.21. The largest absolute Gasteiger partial charge is 0.309 e. The molecule has 5 heteroatoms. The first-order valence-electron chi connectivity index (χ1n) is 4.65. The van der Waals surface area contributed by atoms with E-state index in [2.05, 4.69) is 20.9 Å². The van der Waals surface area contributed by atoms with E-state index in [0.717, 1.165) is 11.4 Å². The maximum atomic E-state index is 11.7. The van der Waals surface area contributed by atoms with Crippen LogP contribution in [0.1, 0.15) is 12.1 Å². The van der Waals surface area contributed by atoms with Crippen LogP contribution in [0.2, 0.25) is 5.15 Å². The Morgan fingerprint density at radius 1 is 1.60 bits per heavy atom. The molecular formula is C10H10BrClN2O. The number of rotatable bonds is 1. The van der Waals surface area contributed by atoms with E-state index in [4.69, 9.17) is 11.6 Å². The molecule has 2 rings (SSSR count). The number of anilines is 1. The Bertz CT molecular complexity index is 410. The maximum absolute atomic E-state index is 11.7. The number of pyridine rings is 1. The Kier molecular flexibility index (Phi) is 2.98. The lowest BCUT2D eigenvalue weighted by Gasteiger charge is -2.17. The lowest BCUT2D eigenvalue weighted by molar-refractivity contribution is -0.117. The van der Waals surface area contributed by atoms with Gasteiger partial charge in [-0.05, 0) is 19.1 Å². The van der Waals surface area contributed by atoms with Crippen LogP contribution >= 0.6 is 27.5 Å². The normalized spacial score (nSPS) is 21.1. The highest BCUT2D eigenvalue weighted by Crippen LogP contribution is 2.27. The monoisotopic (exact) mass is 288 g/mol. The summed E-state index contributed by atoms with van der Waals surface area (Å²) in [6.07, 6.45) is 0.544. The van der Waals surface area contributed by atoms with E-state index in [1.807, 2.05) is 13.0 Å². The molecule has 1 amide bonds. The number of hydrogen-bond donors (Lipinski definition) is 0.